The molecule has 4 aromatic rings. The number of hydrogen-bond acceptors (Lipinski definition) is 4. The van der Waals surface area contributed by atoms with Crippen LogP contribution in [0.5, 0.6) is 11.5 Å². The average molecular weight is 416 g/mol. The Balaban J connectivity index is 0.000000645. The molecule has 0 atom stereocenters. The van der Waals surface area contributed by atoms with E-state index in [4.69, 9.17) is 14.5 Å². The van der Waals surface area contributed by atoms with Crippen molar-refractivity contribution >= 4 is 0 Å². The Kier molecular flexibility index (Phi) is 7.44. The number of fused-ring (bicyclic) bond motifs is 1. The second kappa shape index (κ2) is 10.4. The molecule has 0 fully saturated rings. The molecule has 31 heavy (non-hydrogen) atoms. The number of rotatable bonds is 3. The molecule has 0 unspecified atom stereocenters. The van der Waals surface area contributed by atoms with Gasteiger partial charge < -0.3 is 14.5 Å². The van der Waals surface area contributed by atoms with Crippen LogP contribution in [0.2, 0.25) is 0 Å². The summed E-state index contributed by atoms with van der Waals surface area (Å²) in [7, 11) is 0. The molecule has 2 aromatic heterocycles. The highest BCUT2D eigenvalue weighted by molar-refractivity contribution is 5.80. The van der Waals surface area contributed by atoms with Gasteiger partial charge in [0, 0.05) is 17.3 Å². The summed E-state index contributed by atoms with van der Waals surface area (Å²) >= 11 is 0. The van der Waals surface area contributed by atoms with Crippen LogP contribution in [0.25, 0.3) is 34.0 Å². The van der Waals surface area contributed by atoms with Crippen molar-refractivity contribution in [2.75, 3.05) is 6.79 Å². The monoisotopic (exact) mass is 415 g/mol. The van der Waals surface area contributed by atoms with E-state index in [0.29, 0.717) is 0 Å². The predicted octanol–water partition coefficient (Wildman–Crippen LogP) is 6.90. The molecular weight excluding hydrogens is 386 g/mol. The van der Waals surface area contributed by atoms with Gasteiger partial charge in [0.2, 0.25) is 6.79 Å². The summed E-state index contributed by atoms with van der Waals surface area (Å²) in [6.07, 6.45) is 1.78. The molecule has 0 bridgehead atoms. The minimum Gasteiger partial charge on any atom is -0.454 e. The first-order valence-electron chi connectivity index (χ1n) is 10.8. The third kappa shape index (κ3) is 4.77. The molecule has 2 aromatic carbocycles. The van der Waals surface area contributed by atoms with Gasteiger partial charge in [-0.3, -0.25) is 4.98 Å². The maximum absolute atomic E-state index is 5.53. The molecule has 0 saturated carbocycles. The number of aromatic nitrogens is 3. The molecule has 0 spiro atoms. The lowest BCUT2D eigenvalue weighted by Crippen LogP contribution is -1.92. The minimum absolute atomic E-state index is 0.251. The van der Waals surface area contributed by atoms with Crippen LogP contribution in [0.1, 0.15) is 33.3 Å². The van der Waals surface area contributed by atoms with Gasteiger partial charge in [-0.1, -0.05) is 63.6 Å². The Bertz CT molecular complexity index is 1100. The summed E-state index contributed by atoms with van der Waals surface area (Å²) in [6, 6.07) is 20.0. The Morgan fingerprint density at radius 1 is 0.806 bits per heavy atom. The molecule has 5 nitrogen and oxygen atoms in total. The van der Waals surface area contributed by atoms with E-state index in [2.05, 4.69) is 41.2 Å². The van der Waals surface area contributed by atoms with E-state index in [0.717, 1.165) is 45.5 Å². The number of benzene rings is 2. The summed E-state index contributed by atoms with van der Waals surface area (Å²) in [4.78, 5) is 12.8. The van der Waals surface area contributed by atoms with Gasteiger partial charge in [0.05, 0.1) is 17.1 Å². The van der Waals surface area contributed by atoms with Crippen LogP contribution < -0.4 is 9.47 Å². The summed E-state index contributed by atoms with van der Waals surface area (Å²) in [6.45, 7) is 10.3. The van der Waals surface area contributed by atoms with Crippen molar-refractivity contribution in [2.45, 2.75) is 34.6 Å². The lowest BCUT2D eigenvalue weighted by Gasteiger charge is -2.03. The van der Waals surface area contributed by atoms with Crippen LogP contribution in [-0.2, 0) is 0 Å². The Morgan fingerprint density at radius 3 is 2.23 bits per heavy atom. The molecule has 5 heteroatoms. The first-order valence-corrected chi connectivity index (χ1v) is 10.8. The lowest BCUT2D eigenvalue weighted by atomic mass is 10.1. The van der Waals surface area contributed by atoms with Crippen LogP contribution in [0.15, 0.2) is 66.9 Å². The predicted molar refractivity (Wildman–Crippen MR) is 126 cm³/mol. The van der Waals surface area contributed by atoms with Crippen LogP contribution in [0.3, 0.4) is 0 Å². The quantitative estimate of drug-likeness (QED) is 0.395. The van der Waals surface area contributed by atoms with Crippen molar-refractivity contribution in [3.05, 3.63) is 72.4 Å². The Morgan fingerprint density at radius 2 is 1.52 bits per heavy atom. The summed E-state index contributed by atoms with van der Waals surface area (Å²) in [5.74, 6) is 2.30. The van der Waals surface area contributed by atoms with Crippen molar-refractivity contribution in [3.8, 4) is 45.5 Å². The van der Waals surface area contributed by atoms with Gasteiger partial charge in [-0.15, -0.1) is 0 Å². The highest BCUT2D eigenvalue weighted by Crippen LogP contribution is 2.38. The van der Waals surface area contributed by atoms with Crippen LogP contribution in [-0.4, -0.2) is 21.7 Å². The first-order chi connectivity index (χ1) is 15.3. The number of nitrogens with zero attached hydrogens (tertiary/aromatic N) is 2. The largest absolute Gasteiger partial charge is 0.454 e. The van der Waals surface area contributed by atoms with Gasteiger partial charge in [-0.25, -0.2) is 4.98 Å². The zero-order valence-corrected chi connectivity index (χ0v) is 18.8. The fourth-order valence-electron chi connectivity index (χ4n) is 3.17. The van der Waals surface area contributed by atoms with E-state index in [9.17, 15) is 0 Å². The third-order valence-corrected chi connectivity index (χ3v) is 4.60. The molecule has 0 saturated heterocycles. The average Bonchev–Trinajstić information content (AvgIpc) is 3.50. The van der Waals surface area contributed by atoms with Crippen LogP contribution in [0.4, 0.5) is 0 Å². The van der Waals surface area contributed by atoms with Gasteiger partial charge in [-0.2, -0.15) is 0 Å². The van der Waals surface area contributed by atoms with Gasteiger partial charge in [0.25, 0.3) is 0 Å². The standard InChI is InChI=1S/C22H17N3O2.2C2H6/c1-14-5-7-15(8-6-14)22-24-20(21(25-22)17-4-2-3-11-23-17)16-9-10-18-19(12-16)27-13-26-18;2*1-2/h2-12H,13H2,1H3,(H,24,25);2*1-2H3. The van der Waals surface area contributed by atoms with Crippen molar-refractivity contribution in [2.24, 2.45) is 0 Å². The van der Waals surface area contributed by atoms with Gasteiger partial charge in [0.1, 0.15) is 5.82 Å². The number of pyridine rings is 1. The number of nitrogens with one attached hydrogen (secondary N) is 1. The molecule has 0 amide bonds. The smallest absolute Gasteiger partial charge is 0.231 e. The summed E-state index contributed by atoms with van der Waals surface area (Å²) in [5, 5.41) is 0. The van der Waals surface area contributed by atoms with Crippen molar-refractivity contribution < 1.29 is 9.47 Å². The van der Waals surface area contributed by atoms with E-state index < -0.39 is 0 Å². The highest BCUT2D eigenvalue weighted by Gasteiger charge is 2.19. The molecule has 1 aliphatic heterocycles. The zero-order valence-electron chi connectivity index (χ0n) is 18.8. The summed E-state index contributed by atoms with van der Waals surface area (Å²) < 4.78 is 11.0. The van der Waals surface area contributed by atoms with Crippen molar-refractivity contribution in [1.29, 1.82) is 0 Å². The molecule has 5 rings (SSSR count). The maximum Gasteiger partial charge on any atom is 0.231 e. The molecule has 3 heterocycles. The lowest BCUT2D eigenvalue weighted by molar-refractivity contribution is 0.174. The Labute approximate surface area is 184 Å². The number of aromatic amines is 1. The zero-order chi connectivity index (χ0) is 22.2. The molecule has 160 valence electrons. The SMILES string of the molecule is CC.CC.Cc1ccc(-c2nc(-c3ccc4c(c3)OCO4)c(-c3ccccn3)[nH]2)cc1. The Hall–Kier alpha value is -3.60. The van der Waals surface area contributed by atoms with E-state index in [1.165, 1.54) is 5.56 Å². The number of ether oxygens (including phenoxy) is 2. The molecule has 0 aliphatic carbocycles. The molecular formula is C26H29N3O2. The van der Waals surface area contributed by atoms with Crippen LogP contribution >= 0.6 is 0 Å². The second-order valence-electron chi connectivity index (χ2n) is 6.46. The van der Waals surface area contributed by atoms with Gasteiger partial charge in [-0.05, 0) is 37.3 Å². The van der Waals surface area contributed by atoms with Crippen molar-refractivity contribution in [3.63, 3.8) is 0 Å². The second-order valence-corrected chi connectivity index (χ2v) is 6.46. The van der Waals surface area contributed by atoms with Crippen molar-refractivity contribution in [1.82, 2.24) is 15.0 Å². The number of imidazole rings is 1. The number of H-pyrrole nitrogens is 1. The molecule has 1 N–H and O–H groups in total. The fourth-order valence-corrected chi connectivity index (χ4v) is 3.17. The summed E-state index contributed by atoms with van der Waals surface area (Å²) in [5.41, 5.74) is 5.76. The molecule has 1 aliphatic rings. The topological polar surface area (TPSA) is 60.0 Å². The van der Waals surface area contributed by atoms with E-state index in [-0.39, 0.29) is 6.79 Å². The normalized spacial score (nSPS) is 11.1. The number of hydrogen-bond donors (Lipinski definition) is 1. The fraction of sp³-hybridized carbons (Fsp3) is 0.231. The van der Waals surface area contributed by atoms with E-state index in [1.807, 2.05) is 64.1 Å². The number of aryl methyl sites for hydroxylation is 1. The van der Waals surface area contributed by atoms with E-state index in [1.54, 1.807) is 6.20 Å². The van der Waals surface area contributed by atoms with E-state index >= 15 is 0 Å². The van der Waals surface area contributed by atoms with Gasteiger partial charge in [0.15, 0.2) is 11.5 Å². The van der Waals surface area contributed by atoms with Crippen LogP contribution in [0, 0.1) is 6.92 Å². The highest BCUT2D eigenvalue weighted by atomic mass is 16.7. The minimum atomic E-state index is 0.251. The first kappa shape index (κ1) is 22.1. The van der Waals surface area contributed by atoms with Gasteiger partial charge >= 0.3 is 0 Å². The third-order valence-electron chi connectivity index (χ3n) is 4.60. The maximum atomic E-state index is 5.53. The molecule has 0 radical (unpaired) electrons.